The third-order valence-corrected chi connectivity index (χ3v) is 2.91. The first kappa shape index (κ1) is 13.6. The van der Waals surface area contributed by atoms with Gasteiger partial charge >= 0.3 is 0 Å². The van der Waals surface area contributed by atoms with Crippen molar-refractivity contribution in [2.24, 2.45) is 10.2 Å². The highest BCUT2D eigenvalue weighted by molar-refractivity contribution is 9.10. The smallest absolute Gasteiger partial charge is 0.268 e. The fourth-order valence-electron chi connectivity index (χ4n) is 1.61. The Morgan fingerprint density at radius 1 is 1.16 bits per heavy atom. The number of hydrogen-bond acceptors (Lipinski definition) is 5. The molecule has 0 atom stereocenters. The molecule has 0 radical (unpaired) electrons. The van der Waals surface area contributed by atoms with Gasteiger partial charge in [0.25, 0.3) is 5.95 Å². The highest BCUT2D eigenvalue weighted by Gasteiger charge is 2.01. The minimum atomic E-state index is 0.198. The van der Waals surface area contributed by atoms with Crippen molar-refractivity contribution in [1.29, 1.82) is 0 Å². The Kier molecular flexibility index (Phi) is 4.21. The number of hydrogen-bond donors (Lipinski definition) is 1. The van der Waals surface area contributed by atoms with E-state index >= 15 is 0 Å². The van der Waals surface area contributed by atoms with E-state index in [1.54, 1.807) is 18.2 Å². The molecule has 2 aromatic rings. The molecule has 98 valence electrons. The molecule has 6 heteroatoms. The molecule has 1 N–H and O–H groups in total. The molecule has 1 heterocycles. The maximum absolute atomic E-state index is 9.67. The molecule has 2 rings (SSSR count). The van der Waals surface area contributed by atoms with Gasteiger partial charge in [0.2, 0.25) is 0 Å². The Balaban J connectivity index is 2.13. The number of nitrogens with zero attached hydrogens (tertiary/aromatic N) is 4. The maximum atomic E-state index is 9.67. The molecule has 0 aliphatic heterocycles. The van der Waals surface area contributed by atoms with Crippen molar-refractivity contribution in [2.75, 3.05) is 0 Å². The van der Waals surface area contributed by atoms with Gasteiger partial charge in [-0.15, -0.1) is 5.11 Å². The summed E-state index contributed by atoms with van der Waals surface area (Å²) < 4.78 is 0.887. The van der Waals surface area contributed by atoms with Gasteiger partial charge < -0.3 is 5.11 Å². The zero-order valence-corrected chi connectivity index (χ0v) is 12.2. The lowest BCUT2D eigenvalue weighted by molar-refractivity contribution is 0.468. The number of aromatic hydroxyl groups is 1. The Hall–Kier alpha value is -1.82. The largest absolute Gasteiger partial charge is 0.508 e. The number of phenols is 1. The molecule has 0 aliphatic carbocycles. The van der Waals surface area contributed by atoms with Crippen molar-refractivity contribution < 1.29 is 5.11 Å². The van der Waals surface area contributed by atoms with Crippen molar-refractivity contribution in [3.05, 3.63) is 45.7 Å². The monoisotopic (exact) mass is 320 g/mol. The molecule has 0 spiro atoms. The number of aromatic nitrogens is 2. The quantitative estimate of drug-likeness (QED) is 0.873. The summed E-state index contributed by atoms with van der Waals surface area (Å²) in [6.45, 7) is 4.04. The standard InChI is InChI=1S/C13H13BrN4O/c1-8-5-9(2)17-13(16-8)18-15-7-10-6-11(14)3-4-12(10)19/h3-6,19H,7H2,1-2H3. The first-order chi connectivity index (χ1) is 9.04. The van der Waals surface area contributed by atoms with Crippen LogP contribution in [0.15, 0.2) is 39.0 Å². The van der Waals surface area contributed by atoms with Crippen molar-refractivity contribution in [3.8, 4) is 5.75 Å². The third kappa shape index (κ3) is 3.82. The predicted molar refractivity (Wildman–Crippen MR) is 75.5 cm³/mol. The van der Waals surface area contributed by atoms with Gasteiger partial charge in [0, 0.05) is 21.4 Å². The highest BCUT2D eigenvalue weighted by atomic mass is 79.9. The Labute approximate surface area is 119 Å². The second kappa shape index (κ2) is 5.88. The fourth-order valence-corrected chi connectivity index (χ4v) is 2.02. The van der Waals surface area contributed by atoms with Gasteiger partial charge in [0.15, 0.2) is 0 Å². The summed E-state index contributed by atoms with van der Waals surface area (Å²) in [5.41, 5.74) is 2.40. The summed E-state index contributed by atoms with van der Waals surface area (Å²) in [6, 6.07) is 7.06. The van der Waals surface area contributed by atoms with E-state index in [1.165, 1.54) is 0 Å². The van der Waals surface area contributed by atoms with E-state index in [4.69, 9.17) is 0 Å². The number of halogens is 1. The lowest BCUT2D eigenvalue weighted by Gasteiger charge is -2.01. The van der Waals surface area contributed by atoms with Crippen LogP contribution in [0.25, 0.3) is 0 Å². The Morgan fingerprint density at radius 2 is 1.84 bits per heavy atom. The molecule has 0 saturated carbocycles. The van der Waals surface area contributed by atoms with Crippen molar-refractivity contribution >= 4 is 21.9 Å². The zero-order chi connectivity index (χ0) is 13.8. The van der Waals surface area contributed by atoms with Gasteiger partial charge in [-0.3, -0.25) is 0 Å². The van der Waals surface area contributed by atoms with E-state index in [-0.39, 0.29) is 12.3 Å². The topological polar surface area (TPSA) is 70.7 Å². The first-order valence-corrected chi connectivity index (χ1v) is 6.51. The predicted octanol–water partition coefficient (Wildman–Crippen LogP) is 3.85. The minimum Gasteiger partial charge on any atom is -0.508 e. The summed E-state index contributed by atoms with van der Waals surface area (Å²) >= 11 is 3.34. The Bertz CT molecular complexity index is 608. The molecule has 0 aliphatic rings. The number of aryl methyl sites for hydroxylation is 2. The van der Waals surface area contributed by atoms with Crippen LogP contribution in [0.3, 0.4) is 0 Å². The zero-order valence-electron chi connectivity index (χ0n) is 10.6. The molecule has 0 bridgehead atoms. The van der Waals surface area contributed by atoms with Crippen molar-refractivity contribution in [2.45, 2.75) is 20.4 Å². The fraction of sp³-hybridized carbons (Fsp3) is 0.231. The first-order valence-electron chi connectivity index (χ1n) is 5.72. The van der Waals surface area contributed by atoms with Crippen LogP contribution in [0.5, 0.6) is 5.75 Å². The van der Waals surface area contributed by atoms with Crippen LogP contribution in [0.1, 0.15) is 17.0 Å². The summed E-state index contributed by atoms with van der Waals surface area (Å²) in [5.74, 6) is 0.537. The number of rotatable bonds is 3. The van der Waals surface area contributed by atoms with Crippen LogP contribution >= 0.6 is 15.9 Å². The molecule has 0 amide bonds. The van der Waals surface area contributed by atoms with E-state index in [0.29, 0.717) is 11.5 Å². The molecule has 1 aromatic carbocycles. The summed E-state index contributed by atoms with van der Waals surface area (Å²) in [6.07, 6.45) is 0. The average Bonchev–Trinajstić information content (AvgIpc) is 2.32. The lowest BCUT2D eigenvalue weighted by Crippen LogP contribution is -1.88. The van der Waals surface area contributed by atoms with Crippen LogP contribution < -0.4 is 0 Å². The van der Waals surface area contributed by atoms with Gasteiger partial charge in [0.05, 0.1) is 6.54 Å². The van der Waals surface area contributed by atoms with Crippen LogP contribution in [0.4, 0.5) is 5.95 Å². The van der Waals surface area contributed by atoms with E-state index < -0.39 is 0 Å². The number of phenolic OH excluding ortho intramolecular Hbond substituents is 1. The number of benzene rings is 1. The van der Waals surface area contributed by atoms with E-state index in [2.05, 4.69) is 36.1 Å². The van der Waals surface area contributed by atoms with Gasteiger partial charge in [-0.1, -0.05) is 15.9 Å². The van der Waals surface area contributed by atoms with Crippen LogP contribution in [-0.4, -0.2) is 15.1 Å². The van der Waals surface area contributed by atoms with Gasteiger partial charge in [-0.05, 0) is 38.1 Å². The molecule has 19 heavy (non-hydrogen) atoms. The maximum Gasteiger partial charge on any atom is 0.268 e. The van der Waals surface area contributed by atoms with E-state index in [0.717, 1.165) is 15.9 Å². The molecule has 0 saturated heterocycles. The summed E-state index contributed by atoms with van der Waals surface area (Å²) in [7, 11) is 0. The SMILES string of the molecule is Cc1cc(C)nc(N=NCc2cc(Br)ccc2O)n1. The molecular weight excluding hydrogens is 308 g/mol. The molecule has 5 nitrogen and oxygen atoms in total. The summed E-state index contributed by atoms with van der Waals surface area (Å²) in [5, 5.41) is 17.7. The molecular formula is C13H13BrN4O. The molecule has 0 unspecified atom stereocenters. The van der Waals surface area contributed by atoms with Gasteiger partial charge in [-0.2, -0.15) is 5.11 Å². The molecule has 0 fully saturated rings. The minimum absolute atomic E-state index is 0.198. The number of azo groups is 1. The normalized spacial score (nSPS) is 11.1. The average molecular weight is 321 g/mol. The van der Waals surface area contributed by atoms with Crippen LogP contribution in [0.2, 0.25) is 0 Å². The second-order valence-electron chi connectivity index (χ2n) is 4.12. The van der Waals surface area contributed by atoms with E-state index in [1.807, 2.05) is 19.9 Å². The van der Waals surface area contributed by atoms with Crippen molar-refractivity contribution in [3.63, 3.8) is 0 Å². The van der Waals surface area contributed by atoms with Crippen LogP contribution in [-0.2, 0) is 6.54 Å². The van der Waals surface area contributed by atoms with Crippen molar-refractivity contribution in [1.82, 2.24) is 9.97 Å². The third-order valence-electron chi connectivity index (χ3n) is 2.41. The lowest BCUT2D eigenvalue weighted by atomic mass is 10.2. The highest BCUT2D eigenvalue weighted by Crippen LogP contribution is 2.22. The van der Waals surface area contributed by atoms with Crippen LogP contribution in [0, 0.1) is 13.8 Å². The van der Waals surface area contributed by atoms with Gasteiger partial charge in [0.1, 0.15) is 5.75 Å². The second-order valence-corrected chi connectivity index (χ2v) is 5.04. The van der Waals surface area contributed by atoms with Gasteiger partial charge in [-0.25, -0.2) is 9.97 Å². The van der Waals surface area contributed by atoms with E-state index in [9.17, 15) is 5.11 Å². The molecule has 1 aromatic heterocycles. The Morgan fingerprint density at radius 3 is 2.53 bits per heavy atom. The summed E-state index contributed by atoms with van der Waals surface area (Å²) in [4.78, 5) is 8.32.